The molecule has 7 heteroatoms. The van der Waals surface area contributed by atoms with E-state index in [0.717, 1.165) is 17.7 Å². The second kappa shape index (κ2) is 6.31. The number of benzene rings is 1. The summed E-state index contributed by atoms with van der Waals surface area (Å²) >= 11 is 0. The molecular formula is C18H20FN3O3. The number of aliphatic carboxylic acids is 1. The zero-order chi connectivity index (χ0) is 18.2. The number of aromatic nitrogens is 2. The average Bonchev–Trinajstić information content (AvgIpc) is 3.17. The summed E-state index contributed by atoms with van der Waals surface area (Å²) in [6.07, 6.45) is 2.46. The number of hydrogen-bond acceptors (Lipinski definition) is 3. The molecule has 0 spiro atoms. The van der Waals surface area contributed by atoms with Crippen molar-refractivity contribution in [2.75, 3.05) is 0 Å². The zero-order valence-corrected chi connectivity index (χ0v) is 14.2. The fourth-order valence-electron chi connectivity index (χ4n) is 3.05. The number of rotatable bonds is 5. The van der Waals surface area contributed by atoms with Gasteiger partial charge in [0.15, 0.2) is 5.69 Å². The lowest BCUT2D eigenvalue weighted by molar-refractivity contribution is -0.143. The van der Waals surface area contributed by atoms with Crippen LogP contribution in [0.15, 0.2) is 24.3 Å². The van der Waals surface area contributed by atoms with Crippen molar-refractivity contribution in [3.05, 3.63) is 47.0 Å². The summed E-state index contributed by atoms with van der Waals surface area (Å²) in [4.78, 5) is 24.1. The second-order valence-corrected chi connectivity index (χ2v) is 6.44. The minimum absolute atomic E-state index is 0.177. The summed E-state index contributed by atoms with van der Waals surface area (Å²) < 4.78 is 15.6. The van der Waals surface area contributed by atoms with Crippen molar-refractivity contribution in [2.24, 2.45) is 0 Å². The van der Waals surface area contributed by atoms with Crippen LogP contribution < -0.4 is 5.32 Å². The SMILES string of the molecule is CCC(C)(NC(=O)c1nn(-c2ccccc2F)c2c1CCC2)C(=O)O. The molecular weight excluding hydrogens is 325 g/mol. The number of carboxylic acids is 1. The normalized spacial score (nSPS) is 15.5. The molecule has 0 saturated heterocycles. The Hall–Kier alpha value is -2.70. The van der Waals surface area contributed by atoms with Gasteiger partial charge in [-0.25, -0.2) is 13.9 Å². The Balaban J connectivity index is 2.02. The lowest BCUT2D eigenvalue weighted by atomic mass is 9.99. The molecule has 0 aliphatic heterocycles. The van der Waals surface area contributed by atoms with Gasteiger partial charge in [0.25, 0.3) is 5.91 Å². The largest absolute Gasteiger partial charge is 0.480 e. The van der Waals surface area contributed by atoms with Gasteiger partial charge in [0.1, 0.15) is 17.0 Å². The quantitative estimate of drug-likeness (QED) is 0.872. The summed E-state index contributed by atoms with van der Waals surface area (Å²) in [5, 5.41) is 16.2. The van der Waals surface area contributed by atoms with Crippen LogP contribution in [0.4, 0.5) is 4.39 Å². The van der Waals surface area contributed by atoms with Gasteiger partial charge in [0.05, 0.1) is 0 Å². The number of halogens is 1. The van der Waals surface area contributed by atoms with Crippen LogP contribution in [0.5, 0.6) is 0 Å². The molecule has 1 aromatic heterocycles. The van der Waals surface area contributed by atoms with Crippen LogP contribution in [0.1, 0.15) is 48.4 Å². The number of carbonyl (C=O) groups excluding carboxylic acids is 1. The molecule has 1 atom stereocenters. The van der Waals surface area contributed by atoms with E-state index in [1.165, 1.54) is 17.7 Å². The van der Waals surface area contributed by atoms with Gasteiger partial charge in [-0.2, -0.15) is 5.10 Å². The number of amides is 1. The third kappa shape index (κ3) is 2.90. The number of para-hydroxylation sites is 1. The molecule has 6 nitrogen and oxygen atoms in total. The fraction of sp³-hybridized carbons (Fsp3) is 0.389. The zero-order valence-electron chi connectivity index (χ0n) is 14.2. The first kappa shape index (κ1) is 17.1. The maximum atomic E-state index is 14.1. The van der Waals surface area contributed by atoms with Gasteiger partial charge in [-0.3, -0.25) is 4.79 Å². The van der Waals surface area contributed by atoms with Crippen LogP contribution in [-0.4, -0.2) is 32.3 Å². The van der Waals surface area contributed by atoms with E-state index in [4.69, 9.17) is 0 Å². The molecule has 2 aromatic rings. The lowest BCUT2D eigenvalue weighted by Gasteiger charge is -2.24. The van der Waals surface area contributed by atoms with E-state index in [2.05, 4.69) is 10.4 Å². The van der Waals surface area contributed by atoms with E-state index in [9.17, 15) is 19.1 Å². The Morgan fingerprint density at radius 2 is 2.08 bits per heavy atom. The molecule has 1 heterocycles. The van der Waals surface area contributed by atoms with Gasteiger partial charge in [-0.15, -0.1) is 0 Å². The smallest absolute Gasteiger partial charge is 0.329 e. The predicted octanol–water partition coefficient (Wildman–Crippen LogP) is 2.48. The molecule has 0 bridgehead atoms. The number of carbonyl (C=O) groups is 2. The highest BCUT2D eigenvalue weighted by Crippen LogP contribution is 2.29. The van der Waals surface area contributed by atoms with E-state index in [0.29, 0.717) is 12.8 Å². The first-order valence-electron chi connectivity index (χ1n) is 8.29. The Bertz CT molecular complexity index is 846. The molecule has 1 unspecified atom stereocenters. The molecule has 25 heavy (non-hydrogen) atoms. The van der Waals surface area contributed by atoms with Gasteiger partial charge >= 0.3 is 5.97 Å². The Kier molecular flexibility index (Phi) is 4.32. The third-order valence-electron chi connectivity index (χ3n) is 4.79. The van der Waals surface area contributed by atoms with E-state index < -0.39 is 23.2 Å². The predicted molar refractivity (Wildman–Crippen MR) is 89.3 cm³/mol. The van der Waals surface area contributed by atoms with Crippen LogP contribution in [0.3, 0.4) is 0 Å². The molecule has 0 radical (unpaired) electrons. The van der Waals surface area contributed by atoms with E-state index in [-0.39, 0.29) is 17.8 Å². The standard InChI is InChI=1S/C18H20FN3O3/c1-3-18(2,17(24)25)20-16(23)15-11-7-6-10-13(11)22(21-15)14-9-5-4-8-12(14)19/h4-5,8-9H,3,6-7,10H2,1-2H3,(H,20,23)(H,24,25). The van der Waals surface area contributed by atoms with Crippen LogP contribution in [0.2, 0.25) is 0 Å². The van der Waals surface area contributed by atoms with Crippen LogP contribution >= 0.6 is 0 Å². The first-order valence-corrected chi connectivity index (χ1v) is 8.29. The maximum Gasteiger partial charge on any atom is 0.329 e. The number of hydrogen-bond donors (Lipinski definition) is 2. The highest BCUT2D eigenvalue weighted by Gasteiger charge is 2.36. The molecule has 1 aliphatic rings. The van der Waals surface area contributed by atoms with Crippen LogP contribution in [0, 0.1) is 5.82 Å². The number of fused-ring (bicyclic) bond motifs is 1. The van der Waals surface area contributed by atoms with Crippen molar-refractivity contribution in [1.29, 1.82) is 0 Å². The Labute approximate surface area is 144 Å². The minimum atomic E-state index is -1.37. The Morgan fingerprint density at radius 1 is 1.36 bits per heavy atom. The third-order valence-corrected chi connectivity index (χ3v) is 4.79. The summed E-state index contributed by atoms with van der Waals surface area (Å²) in [6.45, 7) is 3.15. The number of carboxylic acid groups (broad SMARTS) is 1. The molecule has 3 rings (SSSR count). The van der Waals surface area contributed by atoms with Crippen molar-refractivity contribution >= 4 is 11.9 Å². The summed E-state index contributed by atoms with van der Waals surface area (Å²) in [7, 11) is 0. The highest BCUT2D eigenvalue weighted by atomic mass is 19.1. The van der Waals surface area contributed by atoms with Gasteiger partial charge in [0.2, 0.25) is 0 Å². The molecule has 1 amide bonds. The van der Waals surface area contributed by atoms with Crippen molar-refractivity contribution in [2.45, 2.75) is 45.1 Å². The number of nitrogens with zero attached hydrogens (tertiary/aromatic N) is 2. The maximum absolute atomic E-state index is 14.1. The first-order chi connectivity index (χ1) is 11.9. The minimum Gasteiger partial charge on any atom is -0.480 e. The molecule has 0 fully saturated rings. The van der Waals surface area contributed by atoms with Gasteiger partial charge < -0.3 is 10.4 Å². The van der Waals surface area contributed by atoms with E-state index in [1.54, 1.807) is 25.1 Å². The van der Waals surface area contributed by atoms with Crippen molar-refractivity contribution in [1.82, 2.24) is 15.1 Å². The molecule has 132 valence electrons. The van der Waals surface area contributed by atoms with Crippen molar-refractivity contribution in [3.63, 3.8) is 0 Å². The monoisotopic (exact) mass is 345 g/mol. The topological polar surface area (TPSA) is 84.2 Å². The van der Waals surface area contributed by atoms with Gasteiger partial charge in [-0.1, -0.05) is 19.1 Å². The summed E-state index contributed by atoms with van der Waals surface area (Å²) in [6, 6.07) is 6.25. The van der Waals surface area contributed by atoms with Gasteiger partial charge in [0, 0.05) is 11.3 Å². The van der Waals surface area contributed by atoms with Gasteiger partial charge in [-0.05, 0) is 44.7 Å². The fourth-order valence-corrected chi connectivity index (χ4v) is 3.05. The number of nitrogens with one attached hydrogen (secondary N) is 1. The summed E-state index contributed by atoms with van der Waals surface area (Å²) in [5.41, 5.74) is 0.672. The highest BCUT2D eigenvalue weighted by molar-refractivity contribution is 5.97. The van der Waals surface area contributed by atoms with Crippen LogP contribution in [-0.2, 0) is 17.6 Å². The summed E-state index contributed by atoms with van der Waals surface area (Å²) in [5.74, 6) is -2.07. The lowest BCUT2D eigenvalue weighted by Crippen LogP contribution is -2.52. The second-order valence-electron chi connectivity index (χ2n) is 6.44. The molecule has 1 aliphatic carbocycles. The van der Waals surface area contributed by atoms with Crippen LogP contribution in [0.25, 0.3) is 5.69 Å². The van der Waals surface area contributed by atoms with E-state index >= 15 is 0 Å². The molecule has 2 N–H and O–H groups in total. The molecule has 0 saturated carbocycles. The molecule has 1 aromatic carbocycles. The van der Waals surface area contributed by atoms with Crippen molar-refractivity contribution < 1.29 is 19.1 Å². The van der Waals surface area contributed by atoms with E-state index in [1.807, 2.05) is 0 Å². The average molecular weight is 345 g/mol. The van der Waals surface area contributed by atoms with Crippen molar-refractivity contribution in [3.8, 4) is 5.69 Å². The Morgan fingerprint density at radius 3 is 2.72 bits per heavy atom.